The van der Waals surface area contributed by atoms with Crippen LogP contribution in [0.5, 0.6) is 5.75 Å². The third-order valence-corrected chi connectivity index (χ3v) is 5.38. The summed E-state index contributed by atoms with van der Waals surface area (Å²) in [5, 5.41) is 5.91. The van der Waals surface area contributed by atoms with Crippen molar-refractivity contribution < 1.29 is 9.53 Å². The molecule has 0 spiro atoms. The Bertz CT molecular complexity index is 1130. The predicted molar refractivity (Wildman–Crippen MR) is 119 cm³/mol. The topological polar surface area (TPSA) is 64.1 Å². The average molecular weight is 436 g/mol. The highest BCUT2D eigenvalue weighted by atomic mass is 35.5. The molecule has 0 radical (unpaired) electrons. The molecule has 1 amide bonds. The minimum absolute atomic E-state index is 0.289. The van der Waals surface area contributed by atoms with Gasteiger partial charge in [0.15, 0.2) is 0 Å². The Morgan fingerprint density at radius 3 is 2.70 bits per heavy atom. The van der Waals surface area contributed by atoms with Crippen molar-refractivity contribution in [1.82, 2.24) is 9.97 Å². The minimum atomic E-state index is -0.289. The highest BCUT2D eigenvalue weighted by molar-refractivity contribution is 7.09. The van der Waals surface area contributed by atoms with Crippen LogP contribution in [0.2, 0.25) is 5.02 Å². The summed E-state index contributed by atoms with van der Waals surface area (Å²) in [4.78, 5) is 21.0. The van der Waals surface area contributed by atoms with E-state index in [1.165, 1.54) is 11.3 Å². The first-order valence-corrected chi connectivity index (χ1v) is 10.5. The number of nitrogens with one attached hydrogen (secondary N) is 1. The monoisotopic (exact) mass is 435 g/mol. The molecule has 2 heterocycles. The van der Waals surface area contributed by atoms with Crippen molar-refractivity contribution in [2.45, 2.75) is 13.0 Å². The summed E-state index contributed by atoms with van der Waals surface area (Å²) in [6, 6.07) is 20.8. The summed E-state index contributed by atoms with van der Waals surface area (Å²) in [5.74, 6) is 0.948. The number of rotatable bonds is 7. The molecule has 0 unspecified atom stereocenters. The Morgan fingerprint density at radius 2 is 1.90 bits per heavy atom. The number of aromatic nitrogens is 2. The summed E-state index contributed by atoms with van der Waals surface area (Å²) >= 11 is 7.62. The first-order chi connectivity index (χ1) is 14.7. The second-order valence-electron chi connectivity index (χ2n) is 6.50. The molecule has 0 atom stereocenters. The third kappa shape index (κ3) is 5.23. The number of carbonyl (C=O) groups excluding carboxylic acids is 1. The highest BCUT2D eigenvalue weighted by Crippen LogP contribution is 2.27. The van der Waals surface area contributed by atoms with Gasteiger partial charge < -0.3 is 10.1 Å². The van der Waals surface area contributed by atoms with Gasteiger partial charge in [-0.25, -0.2) is 9.97 Å². The number of pyridine rings is 1. The van der Waals surface area contributed by atoms with Gasteiger partial charge in [-0.15, -0.1) is 11.3 Å². The molecule has 4 rings (SSSR count). The average Bonchev–Trinajstić information content (AvgIpc) is 3.23. The summed E-state index contributed by atoms with van der Waals surface area (Å²) in [5.41, 5.74) is 2.36. The summed E-state index contributed by atoms with van der Waals surface area (Å²) in [7, 11) is 0. The maximum absolute atomic E-state index is 12.4. The molecule has 0 fully saturated rings. The lowest BCUT2D eigenvalue weighted by Gasteiger charge is -2.11. The van der Waals surface area contributed by atoms with Crippen LogP contribution in [0, 0.1) is 0 Å². The lowest BCUT2D eigenvalue weighted by molar-refractivity contribution is 0.102. The van der Waals surface area contributed by atoms with E-state index in [-0.39, 0.29) is 5.91 Å². The number of carbonyl (C=O) groups is 1. The maximum Gasteiger partial charge on any atom is 0.276 e. The minimum Gasteiger partial charge on any atom is -0.489 e. The van der Waals surface area contributed by atoms with Crippen molar-refractivity contribution >= 4 is 34.7 Å². The van der Waals surface area contributed by atoms with E-state index in [2.05, 4.69) is 15.3 Å². The zero-order valence-electron chi connectivity index (χ0n) is 15.9. The van der Waals surface area contributed by atoms with Crippen LogP contribution in [0.4, 0.5) is 5.82 Å². The first kappa shape index (κ1) is 20.1. The molecule has 30 heavy (non-hydrogen) atoms. The Kier molecular flexibility index (Phi) is 6.37. The SMILES string of the molecule is O=C(Nc1ccccn1)c1csc(Cc2cc(Cl)ccc2OCc2ccccc2)n1. The zero-order valence-corrected chi connectivity index (χ0v) is 17.5. The molecule has 0 saturated heterocycles. The molecular weight excluding hydrogens is 418 g/mol. The first-order valence-electron chi connectivity index (χ1n) is 9.29. The van der Waals surface area contributed by atoms with Gasteiger partial charge in [-0.2, -0.15) is 0 Å². The predicted octanol–water partition coefficient (Wildman–Crippen LogP) is 5.61. The van der Waals surface area contributed by atoms with Crippen molar-refractivity contribution in [2.75, 3.05) is 5.32 Å². The normalized spacial score (nSPS) is 10.6. The quantitative estimate of drug-likeness (QED) is 0.409. The molecule has 0 saturated carbocycles. The zero-order chi connectivity index (χ0) is 20.8. The van der Waals surface area contributed by atoms with Crippen molar-refractivity contribution in [3.8, 4) is 5.75 Å². The fraction of sp³-hybridized carbons (Fsp3) is 0.0870. The van der Waals surface area contributed by atoms with Crippen LogP contribution >= 0.6 is 22.9 Å². The maximum atomic E-state index is 12.4. The van der Waals surface area contributed by atoms with Gasteiger partial charge in [-0.1, -0.05) is 48.0 Å². The van der Waals surface area contributed by atoms with E-state index in [1.54, 1.807) is 29.8 Å². The van der Waals surface area contributed by atoms with Crippen molar-refractivity contribution in [3.63, 3.8) is 0 Å². The molecule has 2 aromatic carbocycles. The number of ether oxygens (including phenoxy) is 1. The Balaban J connectivity index is 1.46. The smallest absolute Gasteiger partial charge is 0.276 e. The van der Waals surface area contributed by atoms with Crippen LogP contribution in [0.3, 0.4) is 0 Å². The molecule has 2 aromatic heterocycles. The standard InChI is InChI=1S/C23H18ClN3O2S/c24-18-9-10-20(29-14-16-6-2-1-3-7-16)17(12-18)13-22-26-19(15-30-22)23(28)27-21-8-4-5-11-25-21/h1-12,15H,13-14H2,(H,25,27,28). The molecule has 1 N–H and O–H groups in total. The molecule has 0 aliphatic carbocycles. The largest absolute Gasteiger partial charge is 0.489 e. The molecule has 150 valence electrons. The number of hydrogen-bond acceptors (Lipinski definition) is 5. The number of anilines is 1. The van der Waals surface area contributed by atoms with Crippen LogP contribution in [0.1, 0.15) is 26.6 Å². The molecule has 7 heteroatoms. The molecule has 0 aliphatic rings. The van der Waals surface area contributed by atoms with Crippen LogP contribution < -0.4 is 10.1 Å². The van der Waals surface area contributed by atoms with Crippen molar-refractivity contribution in [2.24, 2.45) is 0 Å². The Hall–Kier alpha value is -3.22. The van der Waals surface area contributed by atoms with Gasteiger partial charge in [0.05, 0.1) is 5.01 Å². The summed E-state index contributed by atoms with van der Waals surface area (Å²) in [6.07, 6.45) is 2.14. The Labute approximate surface area is 183 Å². The molecule has 5 nitrogen and oxygen atoms in total. The lowest BCUT2D eigenvalue weighted by Crippen LogP contribution is -2.13. The second kappa shape index (κ2) is 9.52. The Morgan fingerprint density at radius 1 is 1.07 bits per heavy atom. The van der Waals surface area contributed by atoms with Gasteiger partial charge in [-0.05, 0) is 35.9 Å². The van der Waals surface area contributed by atoms with Gasteiger partial charge in [0, 0.05) is 28.6 Å². The number of benzene rings is 2. The van der Waals surface area contributed by atoms with Gasteiger partial charge in [0.1, 0.15) is 23.9 Å². The molecule has 0 bridgehead atoms. The van der Waals surface area contributed by atoms with Gasteiger partial charge >= 0.3 is 0 Å². The molecular formula is C23H18ClN3O2S. The number of hydrogen-bond donors (Lipinski definition) is 1. The van der Waals surface area contributed by atoms with E-state index in [1.807, 2.05) is 48.5 Å². The third-order valence-electron chi connectivity index (χ3n) is 4.29. The van der Waals surface area contributed by atoms with Gasteiger partial charge in [0.2, 0.25) is 0 Å². The molecule has 0 aliphatic heterocycles. The van der Waals surface area contributed by atoms with E-state index < -0.39 is 0 Å². The second-order valence-corrected chi connectivity index (χ2v) is 7.88. The number of amides is 1. The van der Waals surface area contributed by atoms with Crippen LogP contribution in [-0.4, -0.2) is 15.9 Å². The van der Waals surface area contributed by atoms with E-state index >= 15 is 0 Å². The summed E-state index contributed by atoms with van der Waals surface area (Å²) < 4.78 is 6.01. The molecule has 4 aromatic rings. The van der Waals surface area contributed by atoms with E-state index in [9.17, 15) is 4.79 Å². The lowest BCUT2D eigenvalue weighted by atomic mass is 10.1. The van der Waals surface area contributed by atoms with Gasteiger partial charge in [-0.3, -0.25) is 4.79 Å². The summed E-state index contributed by atoms with van der Waals surface area (Å²) in [6.45, 7) is 0.463. The number of nitrogens with zero attached hydrogens (tertiary/aromatic N) is 2. The number of thiazole rings is 1. The fourth-order valence-electron chi connectivity index (χ4n) is 2.84. The van der Waals surface area contributed by atoms with Gasteiger partial charge in [0.25, 0.3) is 5.91 Å². The van der Waals surface area contributed by atoms with E-state index in [0.29, 0.717) is 29.6 Å². The van der Waals surface area contributed by atoms with E-state index in [0.717, 1.165) is 21.9 Å². The van der Waals surface area contributed by atoms with Crippen LogP contribution in [0.15, 0.2) is 78.3 Å². The van der Waals surface area contributed by atoms with E-state index in [4.69, 9.17) is 16.3 Å². The fourth-order valence-corrected chi connectivity index (χ4v) is 3.83. The highest BCUT2D eigenvalue weighted by Gasteiger charge is 2.14. The van der Waals surface area contributed by atoms with Crippen LogP contribution in [0.25, 0.3) is 0 Å². The van der Waals surface area contributed by atoms with Crippen molar-refractivity contribution in [1.29, 1.82) is 0 Å². The van der Waals surface area contributed by atoms with Crippen LogP contribution in [-0.2, 0) is 13.0 Å². The number of halogens is 1. The van der Waals surface area contributed by atoms with Crippen molar-refractivity contribution in [3.05, 3.63) is 105 Å².